The first kappa shape index (κ1) is 16.8. The van der Waals surface area contributed by atoms with Crippen LogP contribution in [0, 0.1) is 0 Å². The van der Waals surface area contributed by atoms with E-state index < -0.39 is 0 Å². The zero-order valence-electron chi connectivity index (χ0n) is 15.2. The quantitative estimate of drug-likeness (QED) is 0.725. The van der Waals surface area contributed by atoms with Crippen LogP contribution in [0.25, 0.3) is 11.0 Å². The van der Waals surface area contributed by atoms with Crippen LogP contribution in [0.2, 0.25) is 0 Å². The highest BCUT2D eigenvalue weighted by Gasteiger charge is 2.27. The number of para-hydroxylation sites is 2. The number of aromatic nitrogens is 2. The van der Waals surface area contributed by atoms with E-state index in [9.17, 15) is 4.79 Å². The van der Waals surface area contributed by atoms with E-state index in [0.717, 1.165) is 36.2 Å². The minimum Gasteiger partial charge on any atom is -0.497 e. The van der Waals surface area contributed by atoms with Crippen LogP contribution in [0.15, 0.2) is 53.3 Å². The van der Waals surface area contributed by atoms with Crippen LogP contribution in [0.3, 0.4) is 0 Å². The average Bonchev–Trinajstić information content (AvgIpc) is 3.14. The normalized spacial score (nSPS) is 17.7. The fourth-order valence-electron chi connectivity index (χ4n) is 3.85. The van der Waals surface area contributed by atoms with Gasteiger partial charge in [-0.3, -0.25) is 9.69 Å². The van der Waals surface area contributed by atoms with Crippen molar-refractivity contribution in [3.05, 3.63) is 70.1 Å². The minimum absolute atomic E-state index is 0.0101. The van der Waals surface area contributed by atoms with Gasteiger partial charge < -0.3 is 9.30 Å². The van der Waals surface area contributed by atoms with Crippen molar-refractivity contribution in [1.82, 2.24) is 14.5 Å². The Bertz CT molecular complexity index is 979. The second-order valence-electron chi connectivity index (χ2n) is 6.81. The minimum atomic E-state index is -0.0101. The highest BCUT2D eigenvalue weighted by atomic mass is 16.5. The monoisotopic (exact) mass is 349 g/mol. The van der Waals surface area contributed by atoms with Gasteiger partial charge in [-0.15, -0.1) is 0 Å². The molecule has 1 aliphatic heterocycles. The lowest BCUT2D eigenvalue weighted by Crippen LogP contribution is -2.30. The second kappa shape index (κ2) is 6.92. The summed E-state index contributed by atoms with van der Waals surface area (Å²) in [5.41, 5.74) is 3.61. The molecule has 0 radical (unpaired) electrons. The van der Waals surface area contributed by atoms with Crippen molar-refractivity contribution >= 4 is 11.0 Å². The van der Waals surface area contributed by atoms with Crippen molar-refractivity contribution in [1.29, 1.82) is 0 Å². The summed E-state index contributed by atoms with van der Waals surface area (Å²) in [5, 5.41) is 0. The highest BCUT2D eigenvalue weighted by molar-refractivity contribution is 5.74. The van der Waals surface area contributed by atoms with Crippen molar-refractivity contribution in [2.75, 3.05) is 13.7 Å². The molecule has 134 valence electrons. The number of nitrogens with zero attached hydrogens (tertiary/aromatic N) is 3. The van der Waals surface area contributed by atoms with E-state index in [1.807, 2.05) is 43.4 Å². The predicted octanol–water partition coefficient (Wildman–Crippen LogP) is 3.28. The van der Waals surface area contributed by atoms with E-state index >= 15 is 0 Å². The number of fused-ring (bicyclic) bond motifs is 1. The molecule has 0 saturated carbocycles. The Morgan fingerprint density at radius 1 is 1.15 bits per heavy atom. The molecule has 1 atom stereocenters. The van der Waals surface area contributed by atoms with Crippen LogP contribution in [-0.2, 0) is 13.6 Å². The van der Waals surface area contributed by atoms with E-state index in [2.05, 4.69) is 22.0 Å². The van der Waals surface area contributed by atoms with Gasteiger partial charge in [-0.25, -0.2) is 4.98 Å². The third kappa shape index (κ3) is 2.99. The fourth-order valence-corrected chi connectivity index (χ4v) is 3.85. The molecule has 0 unspecified atom stereocenters. The summed E-state index contributed by atoms with van der Waals surface area (Å²) in [6.45, 7) is 1.56. The largest absolute Gasteiger partial charge is 0.497 e. The summed E-state index contributed by atoms with van der Waals surface area (Å²) in [7, 11) is 3.50. The number of ether oxygens (including phenoxy) is 1. The van der Waals surface area contributed by atoms with Crippen molar-refractivity contribution in [3.8, 4) is 5.75 Å². The zero-order valence-corrected chi connectivity index (χ0v) is 15.2. The fraction of sp³-hybridized carbons (Fsp3) is 0.333. The Labute approximate surface area is 152 Å². The topological polar surface area (TPSA) is 47.4 Å². The van der Waals surface area contributed by atoms with Crippen LogP contribution >= 0.6 is 0 Å². The molecule has 0 amide bonds. The van der Waals surface area contributed by atoms with E-state index in [1.165, 1.54) is 5.56 Å². The Morgan fingerprint density at radius 2 is 1.92 bits per heavy atom. The molecular formula is C21H23N3O2. The van der Waals surface area contributed by atoms with Crippen LogP contribution in [0.1, 0.15) is 30.1 Å². The van der Waals surface area contributed by atoms with Crippen molar-refractivity contribution in [3.63, 3.8) is 0 Å². The molecule has 3 aromatic rings. The van der Waals surface area contributed by atoms with Gasteiger partial charge >= 0.3 is 0 Å². The van der Waals surface area contributed by atoms with Gasteiger partial charge in [0.15, 0.2) is 0 Å². The summed E-state index contributed by atoms with van der Waals surface area (Å²) >= 11 is 0. The lowest BCUT2D eigenvalue weighted by Gasteiger charge is -2.24. The van der Waals surface area contributed by atoms with Crippen molar-refractivity contribution in [2.45, 2.75) is 25.4 Å². The Balaban J connectivity index is 1.64. The molecule has 4 rings (SSSR count). The Hall–Kier alpha value is -2.66. The molecule has 1 aromatic heterocycles. The molecule has 0 N–H and O–H groups in total. The van der Waals surface area contributed by atoms with Crippen LogP contribution < -0.4 is 10.3 Å². The molecule has 5 nitrogen and oxygen atoms in total. The molecule has 0 bridgehead atoms. The number of benzene rings is 2. The summed E-state index contributed by atoms with van der Waals surface area (Å²) in [5.74, 6) is 0.864. The molecular weight excluding hydrogens is 326 g/mol. The number of methoxy groups -OCH3 is 1. The maximum atomic E-state index is 12.8. The summed E-state index contributed by atoms with van der Waals surface area (Å²) in [6, 6.07) is 16.3. The van der Waals surface area contributed by atoms with Gasteiger partial charge in [0, 0.05) is 19.6 Å². The molecule has 0 aliphatic carbocycles. The van der Waals surface area contributed by atoms with Gasteiger partial charge in [0.05, 0.1) is 18.1 Å². The molecule has 1 saturated heterocycles. The van der Waals surface area contributed by atoms with Gasteiger partial charge in [-0.1, -0.05) is 24.3 Å². The average molecular weight is 349 g/mol. The lowest BCUT2D eigenvalue weighted by molar-refractivity contribution is 0.244. The highest BCUT2D eigenvalue weighted by Crippen LogP contribution is 2.33. The van der Waals surface area contributed by atoms with Crippen LogP contribution in [0.5, 0.6) is 5.75 Å². The second-order valence-corrected chi connectivity index (χ2v) is 6.81. The Morgan fingerprint density at radius 3 is 2.69 bits per heavy atom. The molecule has 2 heterocycles. The van der Waals surface area contributed by atoms with E-state index in [4.69, 9.17) is 4.74 Å². The van der Waals surface area contributed by atoms with Gasteiger partial charge in [-0.2, -0.15) is 0 Å². The lowest BCUT2D eigenvalue weighted by atomic mass is 10.0. The SMILES string of the molecule is COc1ccc([C@@H]2CCCN2Cc2nc3ccccc3n(C)c2=O)cc1. The summed E-state index contributed by atoms with van der Waals surface area (Å²) in [6.07, 6.45) is 2.23. The van der Waals surface area contributed by atoms with Crippen molar-refractivity contribution < 1.29 is 4.74 Å². The van der Waals surface area contributed by atoms with Gasteiger partial charge in [0.2, 0.25) is 0 Å². The maximum absolute atomic E-state index is 12.8. The zero-order chi connectivity index (χ0) is 18.1. The first-order chi connectivity index (χ1) is 12.7. The first-order valence-corrected chi connectivity index (χ1v) is 9.00. The van der Waals surface area contributed by atoms with E-state index in [-0.39, 0.29) is 5.56 Å². The maximum Gasteiger partial charge on any atom is 0.273 e. The number of hydrogen-bond donors (Lipinski definition) is 0. The number of likely N-dealkylation sites (tertiary alicyclic amines) is 1. The third-order valence-electron chi connectivity index (χ3n) is 5.27. The van der Waals surface area contributed by atoms with E-state index in [1.54, 1.807) is 11.7 Å². The van der Waals surface area contributed by atoms with Gasteiger partial charge in [0.1, 0.15) is 11.4 Å². The molecule has 5 heteroatoms. The Kier molecular flexibility index (Phi) is 4.47. The van der Waals surface area contributed by atoms with Crippen LogP contribution in [-0.4, -0.2) is 28.1 Å². The number of aryl methyl sites for hydroxylation is 1. The van der Waals surface area contributed by atoms with Crippen molar-refractivity contribution in [2.24, 2.45) is 7.05 Å². The third-order valence-corrected chi connectivity index (χ3v) is 5.27. The smallest absolute Gasteiger partial charge is 0.273 e. The molecule has 2 aromatic carbocycles. The standard InChI is InChI=1S/C21H23N3O2/c1-23-20-7-4-3-6-17(20)22-18(21(23)25)14-24-13-5-8-19(24)15-9-11-16(26-2)12-10-15/h3-4,6-7,9-12,19H,5,8,13-14H2,1-2H3/t19-/m0/s1. The number of rotatable bonds is 4. The van der Waals surface area contributed by atoms with E-state index in [0.29, 0.717) is 18.3 Å². The molecule has 1 aliphatic rings. The predicted molar refractivity (Wildman–Crippen MR) is 102 cm³/mol. The summed E-state index contributed by atoms with van der Waals surface area (Å²) < 4.78 is 6.96. The number of hydrogen-bond acceptors (Lipinski definition) is 4. The first-order valence-electron chi connectivity index (χ1n) is 9.00. The summed E-state index contributed by atoms with van der Waals surface area (Å²) in [4.78, 5) is 19.8. The van der Waals surface area contributed by atoms with Gasteiger partial charge in [-0.05, 0) is 49.2 Å². The van der Waals surface area contributed by atoms with Gasteiger partial charge in [0.25, 0.3) is 5.56 Å². The molecule has 1 fully saturated rings. The van der Waals surface area contributed by atoms with Crippen LogP contribution in [0.4, 0.5) is 0 Å². The molecule has 26 heavy (non-hydrogen) atoms. The molecule has 0 spiro atoms.